The maximum Gasteiger partial charge on any atom is 0.333 e. The summed E-state index contributed by atoms with van der Waals surface area (Å²) in [6, 6.07) is 5.25. The molecule has 6 heteroatoms. The largest absolute Gasteiger partial charge is 0.336 e. The van der Waals surface area contributed by atoms with Gasteiger partial charge in [0.15, 0.2) is 0 Å². The van der Waals surface area contributed by atoms with E-state index in [1.54, 1.807) is 0 Å². The normalized spacial score (nSPS) is 16.1. The first-order valence-electron chi connectivity index (χ1n) is 7.54. The highest BCUT2D eigenvalue weighted by molar-refractivity contribution is 5.82. The summed E-state index contributed by atoms with van der Waals surface area (Å²) in [5.74, 6) is -0.698. The monoisotopic (exact) mass is 307 g/mol. The number of carbonyl (C=O) groups excluding carboxylic acids is 2. The summed E-state index contributed by atoms with van der Waals surface area (Å²) in [6.07, 6.45) is 4.72. The van der Waals surface area contributed by atoms with Gasteiger partial charge < -0.3 is 5.32 Å². The summed E-state index contributed by atoms with van der Waals surface area (Å²) >= 11 is 0. The van der Waals surface area contributed by atoms with Crippen LogP contribution < -0.4 is 16.2 Å². The van der Waals surface area contributed by atoms with Crippen LogP contribution in [0.3, 0.4) is 0 Å². The minimum Gasteiger partial charge on any atom is -0.336 e. The van der Waals surface area contributed by atoms with Gasteiger partial charge in [-0.05, 0) is 36.0 Å². The molecule has 0 spiro atoms. The number of urea groups is 1. The van der Waals surface area contributed by atoms with Gasteiger partial charge in [-0.2, -0.15) is 0 Å². The van der Waals surface area contributed by atoms with E-state index in [4.69, 9.17) is 0 Å². The van der Waals surface area contributed by atoms with Crippen molar-refractivity contribution in [2.45, 2.75) is 39.0 Å². The Labute approximate surface area is 129 Å². The highest BCUT2D eigenvalue weighted by Crippen LogP contribution is 2.36. The molecule has 0 atom stereocenters. The van der Waals surface area contributed by atoms with Gasteiger partial charge in [0.2, 0.25) is 5.91 Å². The van der Waals surface area contributed by atoms with E-state index >= 15 is 0 Å². The molecule has 1 fully saturated rings. The zero-order chi connectivity index (χ0) is 16.0. The molecule has 1 aromatic carbocycles. The maximum absolute atomic E-state index is 12.8. The van der Waals surface area contributed by atoms with Crippen molar-refractivity contribution in [3.63, 3.8) is 0 Å². The average molecular weight is 307 g/mol. The Bertz CT molecular complexity index is 525. The Morgan fingerprint density at radius 1 is 1.14 bits per heavy atom. The lowest BCUT2D eigenvalue weighted by molar-refractivity contribution is -0.121. The van der Waals surface area contributed by atoms with Gasteiger partial charge in [0.05, 0.1) is 6.42 Å². The van der Waals surface area contributed by atoms with E-state index < -0.39 is 6.03 Å². The van der Waals surface area contributed by atoms with E-state index in [9.17, 15) is 14.0 Å². The van der Waals surface area contributed by atoms with Gasteiger partial charge in [0.25, 0.3) is 0 Å². The number of amides is 3. The van der Waals surface area contributed by atoms with Crippen LogP contribution in [-0.2, 0) is 11.2 Å². The Kier molecular flexibility index (Phi) is 5.35. The molecule has 0 unspecified atom stereocenters. The van der Waals surface area contributed by atoms with E-state index in [-0.39, 0.29) is 23.6 Å². The molecule has 3 amide bonds. The summed E-state index contributed by atoms with van der Waals surface area (Å²) in [5.41, 5.74) is 5.51. The number of hydrazine groups is 1. The Morgan fingerprint density at radius 3 is 2.41 bits per heavy atom. The van der Waals surface area contributed by atoms with E-state index in [1.165, 1.54) is 37.1 Å². The van der Waals surface area contributed by atoms with Crippen molar-refractivity contribution in [1.82, 2.24) is 16.2 Å². The molecular formula is C16H22FN3O2. The first kappa shape index (κ1) is 16.3. The number of carbonyl (C=O) groups is 2. The average Bonchev–Trinajstić information content (AvgIpc) is 2.93. The first-order chi connectivity index (χ1) is 10.5. The van der Waals surface area contributed by atoms with Crippen LogP contribution in [0.2, 0.25) is 0 Å². The third-order valence-corrected chi connectivity index (χ3v) is 4.08. The lowest BCUT2D eigenvalue weighted by Crippen LogP contribution is -2.49. The van der Waals surface area contributed by atoms with E-state index in [0.717, 1.165) is 12.8 Å². The highest BCUT2D eigenvalue weighted by Gasteiger charge is 2.28. The van der Waals surface area contributed by atoms with Gasteiger partial charge in [-0.15, -0.1) is 0 Å². The second kappa shape index (κ2) is 7.24. The highest BCUT2D eigenvalue weighted by atomic mass is 19.1. The second-order valence-electron chi connectivity index (χ2n) is 6.18. The van der Waals surface area contributed by atoms with Gasteiger partial charge >= 0.3 is 6.03 Å². The van der Waals surface area contributed by atoms with Gasteiger partial charge in [-0.1, -0.05) is 31.9 Å². The molecule has 1 aliphatic rings. The number of halogens is 1. The molecule has 0 aliphatic heterocycles. The van der Waals surface area contributed by atoms with Gasteiger partial charge in [0.1, 0.15) is 5.82 Å². The molecule has 0 bridgehead atoms. The molecule has 1 saturated carbocycles. The van der Waals surface area contributed by atoms with E-state index in [1.807, 2.05) is 0 Å². The fraction of sp³-hybridized carbons (Fsp3) is 0.500. The lowest BCUT2D eigenvalue weighted by atomic mass is 9.89. The van der Waals surface area contributed by atoms with Crippen LogP contribution in [0.15, 0.2) is 24.3 Å². The number of hydrogen-bond acceptors (Lipinski definition) is 2. The van der Waals surface area contributed by atoms with Crippen molar-refractivity contribution >= 4 is 11.9 Å². The van der Waals surface area contributed by atoms with Gasteiger partial charge in [0, 0.05) is 6.54 Å². The molecule has 22 heavy (non-hydrogen) atoms. The summed E-state index contributed by atoms with van der Waals surface area (Å²) in [7, 11) is 0. The van der Waals surface area contributed by atoms with Crippen LogP contribution >= 0.6 is 0 Å². The summed E-state index contributed by atoms with van der Waals surface area (Å²) in [4.78, 5) is 23.3. The molecule has 3 N–H and O–H groups in total. The zero-order valence-corrected chi connectivity index (χ0v) is 12.7. The molecular weight excluding hydrogens is 285 g/mol. The predicted octanol–water partition coefficient (Wildman–Crippen LogP) is 2.28. The summed E-state index contributed by atoms with van der Waals surface area (Å²) in [5, 5.41) is 2.78. The van der Waals surface area contributed by atoms with Gasteiger partial charge in [-0.3, -0.25) is 10.2 Å². The van der Waals surface area contributed by atoms with Crippen LogP contribution in [0.4, 0.5) is 9.18 Å². The van der Waals surface area contributed by atoms with Crippen molar-refractivity contribution in [2.24, 2.45) is 5.41 Å². The molecule has 5 nitrogen and oxygen atoms in total. The number of rotatable bonds is 4. The van der Waals surface area contributed by atoms with E-state index in [0.29, 0.717) is 12.1 Å². The Hall–Kier alpha value is -2.11. The lowest BCUT2D eigenvalue weighted by Gasteiger charge is -2.23. The fourth-order valence-corrected chi connectivity index (χ4v) is 2.70. The number of benzene rings is 1. The molecule has 1 aliphatic carbocycles. The van der Waals surface area contributed by atoms with Crippen LogP contribution in [0.25, 0.3) is 0 Å². The van der Waals surface area contributed by atoms with Crippen molar-refractivity contribution < 1.29 is 14.0 Å². The molecule has 1 aromatic rings. The molecule has 120 valence electrons. The van der Waals surface area contributed by atoms with Gasteiger partial charge in [-0.25, -0.2) is 14.6 Å². The summed E-state index contributed by atoms with van der Waals surface area (Å²) < 4.78 is 12.8. The first-order valence-corrected chi connectivity index (χ1v) is 7.54. The molecule has 0 saturated heterocycles. The van der Waals surface area contributed by atoms with Crippen molar-refractivity contribution in [1.29, 1.82) is 0 Å². The van der Waals surface area contributed by atoms with Crippen molar-refractivity contribution in [2.75, 3.05) is 6.54 Å². The number of hydrogen-bond donors (Lipinski definition) is 3. The maximum atomic E-state index is 12.8. The van der Waals surface area contributed by atoms with Crippen LogP contribution in [-0.4, -0.2) is 18.5 Å². The molecule has 0 aromatic heterocycles. The van der Waals surface area contributed by atoms with Crippen molar-refractivity contribution in [3.8, 4) is 0 Å². The second-order valence-corrected chi connectivity index (χ2v) is 6.18. The SMILES string of the molecule is CC1(CNC(=O)NNC(=O)Cc2ccc(F)cc2)CCCC1. The van der Waals surface area contributed by atoms with Crippen molar-refractivity contribution in [3.05, 3.63) is 35.6 Å². The number of nitrogens with one attached hydrogen (secondary N) is 3. The topological polar surface area (TPSA) is 70.2 Å². The minimum atomic E-state index is -0.416. The molecule has 0 radical (unpaired) electrons. The van der Waals surface area contributed by atoms with Crippen LogP contribution in [0.5, 0.6) is 0 Å². The van der Waals surface area contributed by atoms with E-state index in [2.05, 4.69) is 23.1 Å². The van der Waals surface area contributed by atoms with Crippen LogP contribution in [0, 0.1) is 11.2 Å². The molecule has 0 heterocycles. The minimum absolute atomic E-state index is 0.0816. The Morgan fingerprint density at radius 2 is 1.77 bits per heavy atom. The quantitative estimate of drug-likeness (QED) is 0.747. The molecule has 2 rings (SSSR count). The zero-order valence-electron chi connectivity index (χ0n) is 12.7. The smallest absolute Gasteiger partial charge is 0.333 e. The fourth-order valence-electron chi connectivity index (χ4n) is 2.70. The standard InChI is InChI=1S/C16H22FN3O2/c1-16(8-2-3-9-16)11-18-15(22)20-19-14(21)10-12-4-6-13(17)7-5-12/h4-7H,2-3,8-11H2,1H3,(H,19,21)(H2,18,20,22). The van der Waals surface area contributed by atoms with Crippen LogP contribution in [0.1, 0.15) is 38.2 Å². The summed E-state index contributed by atoms with van der Waals surface area (Å²) in [6.45, 7) is 2.76. The predicted molar refractivity (Wildman–Crippen MR) is 81.4 cm³/mol. The Balaban J connectivity index is 1.67. The third-order valence-electron chi connectivity index (χ3n) is 4.08. The third kappa shape index (κ3) is 5.02.